The van der Waals surface area contributed by atoms with Crippen molar-refractivity contribution < 1.29 is 0 Å². The zero-order chi connectivity index (χ0) is 11.7. The summed E-state index contributed by atoms with van der Waals surface area (Å²) in [7, 11) is 0. The molecule has 1 aromatic carbocycles. The van der Waals surface area contributed by atoms with E-state index < -0.39 is 0 Å². The number of anilines is 1. The summed E-state index contributed by atoms with van der Waals surface area (Å²) in [6, 6.07) is 6.94. The number of nitrogen functional groups attached to an aromatic ring is 1. The van der Waals surface area contributed by atoms with Crippen LogP contribution in [0.25, 0.3) is 0 Å². The highest BCUT2D eigenvalue weighted by Gasteiger charge is 2.26. The summed E-state index contributed by atoms with van der Waals surface area (Å²) in [4.78, 5) is 2.56. The van der Waals surface area contributed by atoms with Crippen LogP contribution in [0.5, 0.6) is 0 Å². The fourth-order valence-corrected chi connectivity index (χ4v) is 2.70. The normalized spacial score (nSPS) is 26.2. The molecule has 0 amide bonds. The minimum Gasteiger partial charge on any atom is -0.399 e. The van der Waals surface area contributed by atoms with Crippen LogP contribution in [-0.4, -0.2) is 17.5 Å². The van der Waals surface area contributed by atoms with E-state index in [1.54, 1.807) is 0 Å². The van der Waals surface area contributed by atoms with Gasteiger partial charge in [0.25, 0.3) is 0 Å². The maximum atomic E-state index is 5.94. The van der Waals surface area contributed by atoms with Gasteiger partial charge in [0.2, 0.25) is 0 Å². The third kappa shape index (κ3) is 2.22. The van der Waals surface area contributed by atoms with E-state index in [2.05, 4.69) is 37.8 Å². The number of hydrogen-bond acceptors (Lipinski definition) is 2. The van der Waals surface area contributed by atoms with Crippen molar-refractivity contribution >= 4 is 5.69 Å². The van der Waals surface area contributed by atoms with Crippen molar-refractivity contribution in [1.29, 1.82) is 0 Å². The van der Waals surface area contributed by atoms with E-state index in [0.717, 1.165) is 18.2 Å². The molecule has 0 aliphatic carbocycles. The van der Waals surface area contributed by atoms with Crippen molar-refractivity contribution in [2.24, 2.45) is 5.92 Å². The molecule has 88 valence electrons. The second-order valence-corrected chi connectivity index (χ2v) is 5.25. The summed E-state index contributed by atoms with van der Waals surface area (Å²) >= 11 is 0. The number of likely N-dealkylation sites (tertiary alicyclic amines) is 1. The summed E-state index contributed by atoms with van der Waals surface area (Å²) in [5.74, 6) is 0.830. The SMILES string of the molecule is Cc1c(N)cccc1CN1CC(C)CC1C. The summed E-state index contributed by atoms with van der Waals surface area (Å²) in [5, 5.41) is 0. The number of hydrogen-bond donors (Lipinski definition) is 1. The summed E-state index contributed by atoms with van der Waals surface area (Å²) in [6.45, 7) is 9.04. The molecule has 16 heavy (non-hydrogen) atoms. The molecule has 2 nitrogen and oxygen atoms in total. The standard InChI is InChI=1S/C14H22N2/c1-10-7-11(2)16(8-10)9-13-5-4-6-14(15)12(13)3/h4-6,10-11H,7-9,15H2,1-3H3. The molecule has 1 heterocycles. The highest BCUT2D eigenvalue weighted by Crippen LogP contribution is 2.26. The second-order valence-electron chi connectivity index (χ2n) is 5.25. The molecule has 2 rings (SSSR count). The van der Waals surface area contributed by atoms with Gasteiger partial charge < -0.3 is 5.73 Å². The molecule has 1 fully saturated rings. The molecular weight excluding hydrogens is 196 g/mol. The van der Waals surface area contributed by atoms with E-state index >= 15 is 0 Å². The van der Waals surface area contributed by atoms with E-state index in [-0.39, 0.29) is 0 Å². The molecule has 2 unspecified atom stereocenters. The average Bonchev–Trinajstić information content (AvgIpc) is 2.53. The van der Waals surface area contributed by atoms with E-state index in [0.29, 0.717) is 6.04 Å². The van der Waals surface area contributed by atoms with Crippen LogP contribution in [-0.2, 0) is 6.54 Å². The minimum absolute atomic E-state index is 0.704. The van der Waals surface area contributed by atoms with Crippen molar-refractivity contribution in [2.75, 3.05) is 12.3 Å². The molecule has 0 bridgehead atoms. The Morgan fingerprint density at radius 2 is 2.12 bits per heavy atom. The van der Waals surface area contributed by atoms with Gasteiger partial charge in [0.05, 0.1) is 0 Å². The van der Waals surface area contributed by atoms with Gasteiger partial charge in [0.1, 0.15) is 0 Å². The largest absolute Gasteiger partial charge is 0.399 e. The maximum absolute atomic E-state index is 5.94. The molecule has 2 N–H and O–H groups in total. The van der Waals surface area contributed by atoms with E-state index in [4.69, 9.17) is 5.73 Å². The average molecular weight is 218 g/mol. The number of rotatable bonds is 2. The summed E-state index contributed by atoms with van der Waals surface area (Å²) < 4.78 is 0. The Morgan fingerprint density at radius 1 is 1.38 bits per heavy atom. The Balaban J connectivity index is 2.12. The van der Waals surface area contributed by atoms with Gasteiger partial charge in [-0.05, 0) is 43.4 Å². The van der Waals surface area contributed by atoms with Gasteiger partial charge in [-0.1, -0.05) is 19.1 Å². The lowest BCUT2D eigenvalue weighted by atomic mass is 10.1. The fraction of sp³-hybridized carbons (Fsp3) is 0.571. The quantitative estimate of drug-likeness (QED) is 0.773. The van der Waals surface area contributed by atoms with Crippen LogP contribution in [0.3, 0.4) is 0 Å². The van der Waals surface area contributed by atoms with Crippen molar-refractivity contribution in [2.45, 2.75) is 39.8 Å². The number of nitrogens with two attached hydrogens (primary N) is 1. The van der Waals surface area contributed by atoms with Gasteiger partial charge in [0.15, 0.2) is 0 Å². The van der Waals surface area contributed by atoms with E-state index in [9.17, 15) is 0 Å². The highest BCUT2D eigenvalue weighted by molar-refractivity contribution is 5.49. The first-order chi connectivity index (χ1) is 7.58. The Bertz CT molecular complexity index is 373. The highest BCUT2D eigenvalue weighted by atomic mass is 15.2. The lowest BCUT2D eigenvalue weighted by molar-refractivity contribution is 0.256. The van der Waals surface area contributed by atoms with Crippen LogP contribution in [0.2, 0.25) is 0 Å². The third-order valence-corrected chi connectivity index (χ3v) is 3.77. The van der Waals surface area contributed by atoms with Crippen LogP contribution in [0, 0.1) is 12.8 Å². The van der Waals surface area contributed by atoms with Crippen LogP contribution < -0.4 is 5.73 Å². The maximum Gasteiger partial charge on any atom is 0.0346 e. The van der Waals surface area contributed by atoms with Gasteiger partial charge >= 0.3 is 0 Å². The van der Waals surface area contributed by atoms with Crippen LogP contribution >= 0.6 is 0 Å². The Labute approximate surface area is 98.4 Å². The van der Waals surface area contributed by atoms with Crippen LogP contribution in [0.1, 0.15) is 31.4 Å². The molecule has 1 aromatic rings. The van der Waals surface area contributed by atoms with Gasteiger partial charge in [-0.3, -0.25) is 4.90 Å². The zero-order valence-electron chi connectivity index (χ0n) is 10.5. The van der Waals surface area contributed by atoms with Crippen molar-refractivity contribution in [1.82, 2.24) is 4.90 Å². The van der Waals surface area contributed by atoms with Gasteiger partial charge in [-0.25, -0.2) is 0 Å². The molecular formula is C14H22N2. The predicted molar refractivity (Wildman–Crippen MR) is 69.2 cm³/mol. The molecule has 1 aliphatic heterocycles. The van der Waals surface area contributed by atoms with Gasteiger partial charge in [-0.15, -0.1) is 0 Å². The molecule has 0 spiro atoms. The van der Waals surface area contributed by atoms with Crippen LogP contribution in [0.15, 0.2) is 18.2 Å². The van der Waals surface area contributed by atoms with Crippen molar-refractivity contribution in [3.05, 3.63) is 29.3 Å². The molecule has 1 aliphatic rings. The van der Waals surface area contributed by atoms with Crippen molar-refractivity contribution in [3.63, 3.8) is 0 Å². The first kappa shape index (κ1) is 11.5. The molecule has 1 saturated heterocycles. The number of nitrogens with zero attached hydrogens (tertiary/aromatic N) is 1. The second kappa shape index (κ2) is 4.46. The van der Waals surface area contributed by atoms with Gasteiger partial charge in [0, 0.05) is 24.8 Å². The fourth-order valence-electron chi connectivity index (χ4n) is 2.70. The Kier molecular flexibility index (Phi) is 3.20. The summed E-state index contributed by atoms with van der Waals surface area (Å²) in [6.07, 6.45) is 1.32. The predicted octanol–water partition coefficient (Wildman–Crippen LogP) is 2.81. The van der Waals surface area contributed by atoms with Crippen LogP contribution in [0.4, 0.5) is 5.69 Å². The Hall–Kier alpha value is -1.02. The van der Waals surface area contributed by atoms with Crippen molar-refractivity contribution in [3.8, 4) is 0 Å². The first-order valence-corrected chi connectivity index (χ1v) is 6.16. The Morgan fingerprint density at radius 3 is 2.75 bits per heavy atom. The molecule has 0 saturated carbocycles. The third-order valence-electron chi connectivity index (χ3n) is 3.77. The topological polar surface area (TPSA) is 29.3 Å². The summed E-state index contributed by atoms with van der Waals surface area (Å²) in [5.41, 5.74) is 9.47. The smallest absolute Gasteiger partial charge is 0.0346 e. The first-order valence-electron chi connectivity index (χ1n) is 6.16. The molecule has 2 atom stereocenters. The molecule has 0 radical (unpaired) electrons. The van der Waals surface area contributed by atoms with E-state index in [1.165, 1.54) is 24.1 Å². The minimum atomic E-state index is 0.704. The number of benzene rings is 1. The molecule has 0 aromatic heterocycles. The van der Waals surface area contributed by atoms with Gasteiger partial charge in [-0.2, -0.15) is 0 Å². The lowest BCUT2D eigenvalue weighted by Crippen LogP contribution is -2.27. The zero-order valence-corrected chi connectivity index (χ0v) is 10.5. The van der Waals surface area contributed by atoms with E-state index in [1.807, 2.05) is 6.07 Å². The lowest BCUT2D eigenvalue weighted by Gasteiger charge is -2.22. The molecule has 2 heteroatoms. The monoisotopic (exact) mass is 218 g/mol.